The van der Waals surface area contributed by atoms with Crippen LogP contribution in [0.3, 0.4) is 0 Å². The lowest BCUT2D eigenvalue weighted by Crippen LogP contribution is -2.66. The average Bonchev–Trinajstić information content (AvgIpc) is 2.96. The van der Waals surface area contributed by atoms with Gasteiger partial charge in [0, 0.05) is 18.9 Å². The lowest BCUT2D eigenvalue weighted by atomic mass is 9.52. The lowest BCUT2D eigenvalue weighted by molar-refractivity contribution is -0.125. The van der Waals surface area contributed by atoms with E-state index in [0.29, 0.717) is 23.0 Å². The van der Waals surface area contributed by atoms with E-state index in [9.17, 15) is 4.79 Å². The number of rotatable bonds is 7. The average molecular weight is 447 g/mol. The molecule has 4 saturated carbocycles. The summed E-state index contributed by atoms with van der Waals surface area (Å²) >= 11 is 0. The Morgan fingerprint density at radius 3 is 2.16 bits per heavy atom. The summed E-state index contributed by atoms with van der Waals surface area (Å²) in [5.41, 5.74) is 0.292. The van der Waals surface area contributed by atoms with Crippen molar-refractivity contribution >= 4 is 24.5 Å². The van der Waals surface area contributed by atoms with Gasteiger partial charge in [-0.05, 0) is 71.2 Å². The summed E-state index contributed by atoms with van der Waals surface area (Å²) in [5.74, 6) is 2.41. The van der Waals surface area contributed by atoms with E-state index < -0.39 is 8.32 Å². The molecule has 0 saturated heterocycles. The third-order valence-corrected chi connectivity index (χ3v) is 14.1. The van der Waals surface area contributed by atoms with Gasteiger partial charge in [-0.1, -0.05) is 81.4 Å². The molecule has 2 aromatic rings. The van der Waals surface area contributed by atoms with Crippen LogP contribution < -0.4 is 10.4 Å². The second kappa shape index (κ2) is 8.25. The molecule has 0 amide bonds. The second-order valence-corrected chi connectivity index (χ2v) is 16.0. The number of hydrogen-bond donors (Lipinski definition) is 0. The minimum absolute atomic E-state index is 0.0197. The maximum absolute atomic E-state index is 12.7. The molecule has 0 aromatic heterocycles. The smallest absolute Gasteiger partial charge is 0.261 e. The van der Waals surface area contributed by atoms with Gasteiger partial charge in [0.2, 0.25) is 0 Å². The Morgan fingerprint density at radius 2 is 1.59 bits per heavy atom. The fourth-order valence-electron chi connectivity index (χ4n) is 7.69. The van der Waals surface area contributed by atoms with Crippen molar-refractivity contribution < 1.29 is 9.22 Å². The SMILES string of the molecule is CC(C)(C)[Si](OCCC[C@]12CC[C@H]3C[C@@H]1CC(=O)[C@H]2C3)(c1ccccc1)c1ccccc1. The van der Waals surface area contributed by atoms with Gasteiger partial charge in [-0.15, -0.1) is 0 Å². The summed E-state index contributed by atoms with van der Waals surface area (Å²) in [4.78, 5) is 12.7. The van der Waals surface area contributed by atoms with Crippen molar-refractivity contribution in [2.24, 2.45) is 23.2 Å². The summed E-state index contributed by atoms with van der Waals surface area (Å²) in [6.07, 6.45) is 8.18. The largest absolute Gasteiger partial charge is 0.407 e. The highest BCUT2D eigenvalue weighted by Gasteiger charge is 2.60. The van der Waals surface area contributed by atoms with Crippen molar-refractivity contribution in [1.29, 1.82) is 0 Å². The molecule has 4 fully saturated rings. The Bertz CT molecular complexity index is 909. The van der Waals surface area contributed by atoms with Crippen LogP contribution in [-0.4, -0.2) is 20.7 Å². The van der Waals surface area contributed by atoms with E-state index >= 15 is 0 Å². The molecule has 4 aliphatic carbocycles. The molecule has 0 unspecified atom stereocenters. The zero-order chi connectivity index (χ0) is 22.4. The molecule has 3 heteroatoms. The minimum Gasteiger partial charge on any atom is -0.407 e. The van der Waals surface area contributed by atoms with Gasteiger partial charge in [-0.3, -0.25) is 4.79 Å². The first-order valence-electron chi connectivity index (χ1n) is 12.6. The Kier molecular flexibility index (Phi) is 5.70. The molecular formula is C29H38O2Si. The third kappa shape index (κ3) is 3.44. The van der Waals surface area contributed by atoms with Gasteiger partial charge < -0.3 is 4.43 Å². The second-order valence-electron chi connectivity index (χ2n) is 11.6. The predicted octanol–water partition coefficient (Wildman–Crippen LogP) is 5.74. The van der Waals surface area contributed by atoms with Gasteiger partial charge in [-0.25, -0.2) is 0 Å². The maximum atomic E-state index is 12.7. The monoisotopic (exact) mass is 446 g/mol. The number of benzene rings is 2. The molecular weight excluding hydrogens is 408 g/mol. The molecule has 6 rings (SSSR count). The third-order valence-electron chi connectivity index (χ3n) is 9.07. The highest BCUT2D eigenvalue weighted by Crippen LogP contribution is 2.64. The Hall–Kier alpha value is -1.71. The lowest BCUT2D eigenvalue weighted by Gasteiger charge is -2.52. The molecule has 2 nitrogen and oxygen atoms in total. The summed E-state index contributed by atoms with van der Waals surface area (Å²) in [6, 6.07) is 21.9. The summed E-state index contributed by atoms with van der Waals surface area (Å²) < 4.78 is 7.13. The number of carbonyl (C=O) groups is 1. The molecule has 0 aliphatic heterocycles. The number of fused-ring (bicyclic) bond motifs is 1. The van der Waals surface area contributed by atoms with Gasteiger partial charge in [0.1, 0.15) is 5.78 Å². The molecule has 4 atom stereocenters. The molecule has 0 spiro atoms. The summed E-state index contributed by atoms with van der Waals surface area (Å²) in [7, 11) is -2.46. The molecule has 0 radical (unpaired) electrons. The van der Waals surface area contributed by atoms with Crippen molar-refractivity contribution in [2.45, 2.75) is 70.8 Å². The van der Waals surface area contributed by atoms with Gasteiger partial charge >= 0.3 is 0 Å². The van der Waals surface area contributed by atoms with E-state index in [1.54, 1.807) is 0 Å². The molecule has 32 heavy (non-hydrogen) atoms. The Balaban J connectivity index is 1.39. The summed E-state index contributed by atoms with van der Waals surface area (Å²) in [6.45, 7) is 7.82. The van der Waals surface area contributed by atoms with E-state index in [2.05, 4.69) is 81.4 Å². The topological polar surface area (TPSA) is 26.3 Å². The van der Waals surface area contributed by atoms with Crippen LogP contribution in [0.5, 0.6) is 0 Å². The fourth-order valence-corrected chi connectivity index (χ4v) is 12.3. The van der Waals surface area contributed by atoms with E-state index in [4.69, 9.17) is 4.43 Å². The van der Waals surface area contributed by atoms with Crippen LogP contribution in [0.2, 0.25) is 5.04 Å². The normalized spacial score (nSPS) is 29.5. The minimum atomic E-state index is -2.46. The standard InChI is InChI=1S/C29H38O2Si/c1-28(2,3)32(24-11-6-4-7-12-24,25-13-8-5-9-14-25)31-18-10-16-29-17-15-22-19-23(29)21-27(30)26(29)20-22/h4-9,11-14,22-23,26H,10,15-21H2,1-3H3/t22-,23+,26+,29-/m0/s1. The van der Waals surface area contributed by atoms with Gasteiger partial charge in [0.25, 0.3) is 8.32 Å². The molecule has 2 aromatic carbocycles. The Morgan fingerprint density at radius 1 is 0.969 bits per heavy atom. The van der Waals surface area contributed by atoms with Crippen LogP contribution in [0.25, 0.3) is 0 Å². The quantitative estimate of drug-likeness (QED) is 0.400. The van der Waals surface area contributed by atoms with Crippen molar-refractivity contribution in [3.05, 3.63) is 60.7 Å². The van der Waals surface area contributed by atoms with E-state index in [1.165, 1.54) is 42.5 Å². The van der Waals surface area contributed by atoms with Crippen molar-refractivity contribution in [3.63, 3.8) is 0 Å². The Labute approximate surface area is 194 Å². The van der Waals surface area contributed by atoms with Crippen LogP contribution in [-0.2, 0) is 9.22 Å². The van der Waals surface area contributed by atoms with Crippen molar-refractivity contribution in [2.75, 3.05) is 6.61 Å². The van der Waals surface area contributed by atoms with Crippen molar-refractivity contribution in [3.8, 4) is 0 Å². The molecule has 170 valence electrons. The molecule has 4 aliphatic rings. The first-order valence-corrected chi connectivity index (χ1v) is 14.6. The van der Waals surface area contributed by atoms with E-state index in [0.717, 1.165) is 25.4 Å². The van der Waals surface area contributed by atoms with Crippen LogP contribution in [0, 0.1) is 23.2 Å². The number of Topliss-reactive ketones (excluding diaryl/α,β-unsaturated/α-hetero) is 1. The van der Waals surface area contributed by atoms with Crippen LogP contribution in [0.4, 0.5) is 0 Å². The van der Waals surface area contributed by atoms with Gasteiger partial charge in [0.05, 0.1) is 0 Å². The number of hydrogen-bond acceptors (Lipinski definition) is 2. The van der Waals surface area contributed by atoms with Gasteiger partial charge in [0.15, 0.2) is 0 Å². The molecule has 4 bridgehead atoms. The maximum Gasteiger partial charge on any atom is 0.261 e. The van der Waals surface area contributed by atoms with E-state index in [-0.39, 0.29) is 5.04 Å². The predicted molar refractivity (Wildman–Crippen MR) is 134 cm³/mol. The van der Waals surface area contributed by atoms with Crippen LogP contribution in [0.1, 0.15) is 65.7 Å². The number of ketones is 1. The zero-order valence-corrected chi connectivity index (χ0v) is 21.0. The first kappa shape index (κ1) is 22.1. The highest BCUT2D eigenvalue weighted by molar-refractivity contribution is 6.99. The zero-order valence-electron chi connectivity index (χ0n) is 20.0. The van der Waals surface area contributed by atoms with Crippen LogP contribution in [0.15, 0.2) is 60.7 Å². The van der Waals surface area contributed by atoms with E-state index in [1.807, 2.05) is 0 Å². The number of carbonyl (C=O) groups excluding carboxylic acids is 1. The summed E-state index contributed by atoms with van der Waals surface area (Å²) in [5, 5.41) is 2.72. The van der Waals surface area contributed by atoms with Crippen LogP contribution >= 0.6 is 0 Å². The highest BCUT2D eigenvalue weighted by atomic mass is 28.4. The fraction of sp³-hybridized carbons (Fsp3) is 0.552. The molecule has 0 heterocycles. The van der Waals surface area contributed by atoms with Crippen molar-refractivity contribution in [1.82, 2.24) is 0 Å². The van der Waals surface area contributed by atoms with Gasteiger partial charge in [-0.2, -0.15) is 0 Å². The molecule has 0 N–H and O–H groups in total. The first-order chi connectivity index (χ1) is 15.4.